The molecule has 0 bridgehead atoms. The second-order valence-electron chi connectivity index (χ2n) is 5.01. The average Bonchev–Trinajstić information content (AvgIpc) is 2.70. The molecule has 6 heteroatoms. The summed E-state index contributed by atoms with van der Waals surface area (Å²) in [4.78, 5) is 0.273. The molecule has 0 aliphatic carbocycles. The van der Waals surface area contributed by atoms with Gasteiger partial charge in [0, 0.05) is 5.56 Å². The Labute approximate surface area is 119 Å². The lowest BCUT2D eigenvalue weighted by molar-refractivity contribution is 0.399. The van der Waals surface area contributed by atoms with E-state index in [9.17, 15) is 8.42 Å². The number of hydrogen-bond donors (Lipinski definition) is 1. The van der Waals surface area contributed by atoms with Crippen molar-refractivity contribution in [3.63, 3.8) is 0 Å². The number of anilines is 1. The average molecular weight is 294 g/mol. The Bertz CT molecular complexity index is 718. The van der Waals surface area contributed by atoms with Gasteiger partial charge in [0.15, 0.2) is 5.82 Å². The molecule has 20 heavy (non-hydrogen) atoms. The third-order valence-electron chi connectivity index (χ3n) is 3.22. The van der Waals surface area contributed by atoms with Gasteiger partial charge in [-0.2, -0.15) is 0 Å². The maximum absolute atomic E-state index is 12.5. The minimum atomic E-state index is -3.67. The number of sulfonamides is 1. The highest BCUT2D eigenvalue weighted by molar-refractivity contribution is 7.92. The van der Waals surface area contributed by atoms with Gasteiger partial charge in [0.05, 0.1) is 4.90 Å². The highest BCUT2D eigenvalue weighted by Gasteiger charge is 2.22. The van der Waals surface area contributed by atoms with E-state index in [1.807, 2.05) is 26.0 Å². The first kappa shape index (κ1) is 14.6. The minimum Gasteiger partial charge on any atom is -0.359 e. The molecule has 0 aliphatic rings. The predicted molar refractivity (Wildman–Crippen MR) is 77.3 cm³/mol. The second-order valence-corrected chi connectivity index (χ2v) is 6.66. The molecular weight excluding hydrogens is 276 g/mol. The molecule has 0 aliphatic heterocycles. The standard InChI is InChI=1S/C14H18N2O3S/c1-9(2)12-7-5-6-8-13(12)20(17,18)16-14-10(3)11(4)19-15-14/h5-9H,1-4H3,(H,15,16). The van der Waals surface area contributed by atoms with Gasteiger partial charge in [0.2, 0.25) is 0 Å². The fourth-order valence-electron chi connectivity index (χ4n) is 1.90. The summed E-state index contributed by atoms with van der Waals surface area (Å²) in [6, 6.07) is 6.96. The molecule has 1 aromatic carbocycles. The Morgan fingerprint density at radius 1 is 1.20 bits per heavy atom. The van der Waals surface area contributed by atoms with Crippen LogP contribution in [-0.4, -0.2) is 13.6 Å². The van der Waals surface area contributed by atoms with Crippen LogP contribution in [0.5, 0.6) is 0 Å². The Morgan fingerprint density at radius 3 is 2.40 bits per heavy atom. The number of rotatable bonds is 4. The summed E-state index contributed by atoms with van der Waals surface area (Å²) < 4.78 is 32.5. The third-order valence-corrected chi connectivity index (χ3v) is 4.63. The van der Waals surface area contributed by atoms with Crippen molar-refractivity contribution in [1.29, 1.82) is 0 Å². The summed E-state index contributed by atoms with van der Waals surface area (Å²) in [5, 5.41) is 3.74. The predicted octanol–water partition coefficient (Wildman–Crippen LogP) is 3.22. The van der Waals surface area contributed by atoms with Crippen LogP contribution in [0.4, 0.5) is 5.82 Å². The molecule has 1 aromatic heterocycles. The van der Waals surface area contributed by atoms with Crippen LogP contribution in [0.15, 0.2) is 33.7 Å². The highest BCUT2D eigenvalue weighted by Crippen LogP contribution is 2.26. The van der Waals surface area contributed by atoms with Crippen molar-refractivity contribution in [2.24, 2.45) is 0 Å². The molecule has 2 aromatic rings. The lowest BCUT2D eigenvalue weighted by Gasteiger charge is -2.13. The number of aryl methyl sites for hydroxylation is 1. The molecule has 1 N–H and O–H groups in total. The Balaban J connectivity index is 2.44. The molecule has 0 spiro atoms. The van der Waals surface area contributed by atoms with Crippen LogP contribution < -0.4 is 4.72 Å². The van der Waals surface area contributed by atoms with Crippen LogP contribution in [0.25, 0.3) is 0 Å². The summed E-state index contributed by atoms with van der Waals surface area (Å²) in [7, 11) is -3.67. The Morgan fingerprint density at radius 2 is 1.85 bits per heavy atom. The van der Waals surface area contributed by atoms with Crippen LogP contribution in [0.1, 0.15) is 36.7 Å². The lowest BCUT2D eigenvalue weighted by Crippen LogP contribution is -2.16. The van der Waals surface area contributed by atoms with Crippen LogP contribution in [0, 0.1) is 13.8 Å². The van der Waals surface area contributed by atoms with E-state index in [-0.39, 0.29) is 16.6 Å². The van der Waals surface area contributed by atoms with E-state index in [2.05, 4.69) is 9.88 Å². The zero-order valence-corrected chi connectivity index (χ0v) is 12.8. The van der Waals surface area contributed by atoms with Gasteiger partial charge >= 0.3 is 0 Å². The summed E-state index contributed by atoms with van der Waals surface area (Å²) in [5.74, 6) is 0.948. The van der Waals surface area contributed by atoms with E-state index in [4.69, 9.17) is 4.52 Å². The lowest BCUT2D eigenvalue weighted by atomic mass is 10.0. The fraction of sp³-hybridized carbons (Fsp3) is 0.357. The van der Waals surface area contributed by atoms with Crippen molar-refractivity contribution in [2.75, 3.05) is 4.72 Å². The molecule has 2 rings (SSSR count). The van der Waals surface area contributed by atoms with E-state index in [1.165, 1.54) is 0 Å². The first-order chi connectivity index (χ1) is 9.33. The monoisotopic (exact) mass is 294 g/mol. The first-order valence-electron chi connectivity index (χ1n) is 6.37. The molecule has 0 atom stereocenters. The zero-order chi connectivity index (χ0) is 14.9. The van der Waals surface area contributed by atoms with E-state index < -0.39 is 10.0 Å². The summed E-state index contributed by atoms with van der Waals surface area (Å²) >= 11 is 0. The van der Waals surface area contributed by atoms with Gasteiger partial charge < -0.3 is 4.52 Å². The van der Waals surface area contributed by atoms with Crippen molar-refractivity contribution in [2.45, 2.75) is 38.5 Å². The van der Waals surface area contributed by atoms with Gasteiger partial charge in [-0.1, -0.05) is 37.2 Å². The van der Waals surface area contributed by atoms with Crippen molar-refractivity contribution in [3.05, 3.63) is 41.2 Å². The van der Waals surface area contributed by atoms with Crippen molar-refractivity contribution >= 4 is 15.8 Å². The van der Waals surface area contributed by atoms with Gasteiger partial charge in [0.25, 0.3) is 10.0 Å². The molecule has 1 heterocycles. The number of aromatic nitrogens is 1. The fourth-order valence-corrected chi connectivity index (χ4v) is 3.32. The van der Waals surface area contributed by atoms with Gasteiger partial charge in [0.1, 0.15) is 5.76 Å². The molecule has 108 valence electrons. The van der Waals surface area contributed by atoms with E-state index in [0.29, 0.717) is 11.3 Å². The minimum absolute atomic E-state index is 0.114. The number of nitrogens with zero attached hydrogens (tertiary/aromatic N) is 1. The smallest absolute Gasteiger partial charge is 0.263 e. The maximum atomic E-state index is 12.5. The van der Waals surface area contributed by atoms with Gasteiger partial charge in [-0.3, -0.25) is 4.72 Å². The van der Waals surface area contributed by atoms with Crippen molar-refractivity contribution in [1.82, 2.24) is 5.16 Å². The van der Waals surface area contributed by atoms with Crippen molar-refractivity contribution in [3.8, 4) is 0 Å². The summed E-state index contributed by atoms with van der Waals surface area (Å²) in [6.45, 7) is 7.42. The maximum Gasteiger partial charge on any atom is 0.263 e. The molecular formula is C14H18N2O3S. The van der Waals surface area contributed by atoms with Crippen LogP contribution >= 0.6 is 0 Å². The number of nitrogens with one attached hydrogen (secondary N) is 1. The van der Waals surface area contributed by atoms with Gasteiger partial charge in [-0.25, -0.2) is 8.42 Å². The Kier molecular flexibility index (Phi) is 3.85. The third kappa shape index (κ3) is 2.70. The normalized spacial score (nSPS) is 11.8. The highest BCUT2D eigenvalue weighted by atomic mass is 32.2. The van der Waals surface area contributed by atoms with Crippen molar-refractivity contribution < 1.29 is 12.9 Å². The Hall–Kier alpha value is -1.82. The summed E-state index contributed by atoms with van der Waals surface area (Å²) in [6.07, 6.45) is 0. The summed E-state index contributed by atoms with van der Waals surface area (Å²) in [5.41, 5.74) is 1.47. The molecule has 0 saturated carbocycles. The molecule has 0 radical (unpaired) electrons. The van der Waals surface area contributed by atoms with Gasteiger partial charge in [-0.05, 0) is 31.4 Å². The molecule has 5 nitrogen and oxygen atoms in total. The molecule has 0 amide bonds. The van der Waals surface area contributed by atoms with Crippen LogP contribution in [0.3, 0.4) is 0 Å². The van der Waals surface area contributed by atoms with E-state index >= 15 is 0 Å². The second kappa shape index (κ2) is 5.28. The largest absolute Gasteiger partial charge is 0.359 e. The van der Waals surface area contributed by atoms with Crippen LogP contribution in [-0.2, 0) is 10.0 Å². The molecule has 0 fully saturated rings. The topological polar surface area (TPSA) is 72.2 Å². The zero-order valence-electron chi connectivity index (χ0n) is 12.0. The van der Waals surface area contributed by atoms with E-state index in [0.717, 1.165) is 5.56 Å². The van der Waals surface area contributed by atoms with E-state index in [1.54, 1.807) is 26.0 Å². The SMILES string of the molecule is Cc1onc(NS(=O)(=O)c2ccccc2C(C)C)c1C. The first-order valence-corrected chi connectivity index (χ1v) is 7.86. The number of benzene rings is 1. The number of hydrogen-bond acceptors (Lipinski definition) is 4. The molecule has 0 unspecified atom stereocenters. The van der Waals surface area contributed by atoms with Crippen LogP contribution in [0.2, 0.25) is 0 Å². The molecule has 0 saturated heterocycles. The van der Waals surface area contributed by atoms with Gasteiger partial charge in [-0.15, -0.1) is 0 Å². The quantitative estimate of drug-likeness (QED) is 0.939.